The zero-order valence-electron chi connectivity index (χ0n) is 11.0. The van der Waals surface area contributed by atoms with Crippen LogP contribution < -0.4 is 11.1 Å². The van der Waals surface area contributed by atoms with Crippen LogP contribution in [0.5, 0.6) is 0 Å². The molecule has 6 heteroatoms. The quantitative estimate of drug-likeness (QED) is 0.275. The molecule has 3 atom stereocenters. The fourth-order valence-corrected chi connectivity index (χ4v) is 2.67. The molecule has 0 aromatic heterocycles. The van der Waals surface area contributed by atoms with Gasteiger partial charge in [-0.05, 0) is 19.4 Å². The molecule has 104 valence electrons. The monoisotopic (exact) mass is 256 g/mol. The van der Waals surface area contributed by atoms with Gasteiger partial charge in [0, 0.05) is 31.6 Å². The Morgan fingerprint density at radius 3 is 3.28 bits per heavy atom. The summed E-state index contributed by atoms with van der Waals surface area (Å²) in [5, 5.41) is 14.9. The maximum atomic E-state index is 8.56. The van der Waals surface area contributed by atoms with Crippen LogP contribution in [0.1, 0.15) is 19.8 Å². The highest BCUT2D eigenvalue weighted by Crippen LogP contribution is 2.22. The van der Waals surface area contributed by atoms with E-state index in [1.165, 1.54) is 19.4 Å². The predicted octanol–water partition coefficient (Wildman–Crippen LogP) is -0.178. The first-order chi connectivity index (χ1) is 8.70. The van der Waals surface area contributed by atoms with Gasteiger partial charge in [-0.2, -0.15) is 0 Å². The van der Waals surface area contributed by atoms with E-state index in [1.54, 1.807) is 0 Å². The molecule has 0 radical (unpaired) electrons. The number of rotatable bonds is 5. The fourth-order valence-electron chi connectivity index (χ4n) is 2.67. The van der Waals surface area contributed by atoms with E-state index in [2.05, 4.69) is 15.4 Å². The number of ether oxygens (including phenoxy) is 1. The second-order valence-electron chi connectivity index (χ2n) is 5.33. The molecule has 2 heterocycles. The molecule has 0 saturated carbocycles. The van der Waals surface area contributed by atoms with E-state index in [1.807, 2.05) is 6.92 Å². The third kappa shape index (κ3) is 3.34. The highest BCUT2D eigenvalue weighted by atomic mass is 16.5. The summed E-state index contributed by atoms with van der Waals surface area (Å²) in [6.45, 7) is 6.56. The molecule has 3 unspecified atom stereocenters. The molecule has 0 aromatic rings. The number of fused-ring (bicyclic) bond motifs is 1. The van der Waals surface area contributed by atoms with Crippen LogP contribution in [-0.4, -0.2) is 60.9 Å². The van der Waals surface area contributed by atoms with Crippen LogP contribution in [0.4, 0.5) is 0 Å². The Hall–Kier alpha value is -0.850. The van der Waals surface area contributed by atoms with Crippen molar-refractivity contribution in [1.29, 1.82) is 0 Å². The molecule has 4 N–H and O–H groups in total. The molecule has 2 fully saturated rings. The van der Waals surface area contributed by atoms with Gasteiger partial charge < -0.3 is 21.0 Å². The van der Waals surface area contributed by atoms with E-state index < -0.39 is 0 Å². The second-order valence-corrected chi connectivity index (χ2v) is 5.33. The highest BCUT2D eigenvalue weighted by Gasteiger charge is 2.31. The Morgan fingerprint density at radius 2 is 2.50 bits per heavy atom. The highest BCUT2D eigenvalue weighted by molar-refractivity contribution is 5.82. The van der Waals surface area contributed by atoms with Gasteiger partial charge in [0.25, 0.3) is 0 Å². The number of nitrogens with zero attached hydrogens (tertiary/aromatic N) is 2. The van der Waals surface area contributed by atoms with E-state index in [0.717, 1.165) is 19.7 Å². The standard InChI is InChI=1S/C12H24N4O2/c1-9(12(13)15-17)5-14-6-11-7-16-4-2-3-10(16)8-18-11/h9-11,14,17H,2-8H2,1H3,(H2,13,15). The van der Waals surface area contributed by atoms with E-state index in [0.29, 0.717) is 12.6 Å². The number of oxime groups is 1. The average Bonchev–Trinajstić information content (AvgIpc) is 2.85. The summed E-state index contributed by atoms with van der Waals surface area (Å²) in [6, 6.07) is 0.650. The topological polar surface area (TPSA) is 83.1 Å². The molecule has 18 heavy (non-hydrogen) atoms. The zero-order valence-corrected chi connectivity index (χ0v) is 11.0. The summed E-state index contributed by atoms with van der Waals surface area (Å²) in [4.78, 5) is 2.53. The number of hydrogen-bond donors (Lipinski definition) is 3. The summed E-state index contributed by atoms with van der Waals surface area (Å²) < 4.78 is 5.85. The minimum absolute atomic E-state index is 0.0399. The van der Waals surface area contributed by atoms with Gasteiger partial charge in [-0.25, -0.2) is 0 Å². The zero-order chi connectivity index (χ0) is 13.0. The maximum absolute atomic E-state index is 8.56. The number of hydrogen-bond acceptors (Lipinski definition) is 5. The number of nitrogens with one attached hydrogen (secondary N) is 1. The van der Waals surface area contributed by atoms with Crippen molar-refractivity contribution in [3.8, 4) is 0 Å². The first-order valence-electron chi connectivity index (χ1n) is 6.74. The summed E-state index contributed by atoms with van der Waals surface area (Å²) in [7, 11) is 0. The van der Waals surface area contributed by atoms with Crippen LogP contribution in [0.3, 0.4) is 0 Å². The molecule has 2 aliphatic rings. The number of amidine groups is 1. The van der Waals surface area contributed by atoms with Crippen LogP contribution in [0.15, 0.2) is 5.16 Å². The van der Waals surface area contributed by atoms with Crippen LogP contribution in [0.25, 0.3) is 0 Å². The largest absolute Gasteiger partial charge is 0.409 e. The fraction of sp³-hybridized carbons (Fsp3) is 0.917. The molecule has 2 saturated heterocycles. The van der Waals surface area contributed by atoms with Crippen LogP contribution >= 0.6 is 0 Å². The lowest BCUT2D eigenvalue weighted by atomic mass is 10.1. The van der Waals surface area contributed by atoms with Crippen LogP contribution in [0, 0.1) is 5.92 Å². The molecule has 2 aliphatic heterocycles. The Labute approximate surface area is 108 Å². The summed E-state index contributed by atoms with van der Waals surface area (Å²) in [5.41, 5.74) is 5.53. The SMILES string of the molecule is CC(CNCC1CN2CCCC2CO1)C(N)=NO. The van der Waals surface area contributed by atoms with Gasteiger partial charge in [-0.15, -0.1) is 0 Å². The summed E-state index contributed by atoms with van der Waals surface area (Å²) in [5.74, 6) is 0.310. The van der Waals surface area contributed by atoms with Gasteiger partial charge >= 0.3 is 0 Å². The van der Waals surface area contributed by atoms with Crippen molar-refractivity contribution in [3.63, 3.8) is 0 Å². The van der Waals surface area contributed by atoms with Crippen molar-refractivity contribution in [2.24, 2.45) is 16.8 Å². The Bertz CT molecular complexity index is 298. The van der Waals surface area contributed by atoms with E-state index in [-0.39, 0.29) is 17.9 Å². The van der Waals surface area contributed by atoms with Crippen molar-refractivity contribution in [2.45, 2.75) is 31.9 Å². The van der Waals surface area contributed by atoms with Crippen molar-refractivity contribution in [1.82, 2.24) is 10.2 Å². The average molecular weight is 256 g/mol. The second kappa shape index (κ2) is 6.36. The minimum Gasteiger partial charge on any atom is -0.409 e. The van der Waals surface area contributed by atoms with Crippen molar-refractivity contribution >= 4 is 5.84 Å². The first kappa shape index (κ1) is 13.6. The van der Waals surface area contributed by atoms with E-state index in [9.17, 15) is 0 Å². The Balaban J connectivity index is 1.65. The lowest BCUT2D eigenvalue weighted by Gasteiger charge is -2.35. The number of nitrogens with two attached hydrogens (primary N) is 1. The molecule has 0 aromatic carbocycles. The van der Waals surface area contributed by atoms with Crippen molar-refractivity contribution < 1.29 is 9.94 Å². The Kier molecular flexibility index (Phi) is 4.79. The third-order valence-corrected chi connectivity index (χ3v) is 3.90. The first-order valence-corrected chi connectivity index (χ1v) is 6.74. The van der Waals surface area contributed by atoms with Gasteiger partial charge in [-0.1, -0.05) is 12.1 Å². The van der Waals surface area contributed by atoms with Crippen LogP contribution in [-0.2, 0) is 4.74 Å². The lowest BCUT2D eigenvalue weighted by molar-refractivity contribution is -0.0469. The molecule has 0 bridgehead atoms. The van der Waals surface area contributed by atoms with E-state index >= 15 is 0 Å². The normalized spacial score (nSPS) is 31.3. The Morgan fingerprint density at radius 1 is 1.67 bits per heavy atom. The lowest BCUT2D eigenvalue weighted by Crippen LogP contribution is -2.50. The van der Waals surface area contributed by atoms with Gasteiger partial charge in [-0.3, -0.25) is 4.90 Å². The predicted molar refractivity (Wildman–Crippen MR) is 69.8 cm³/mol. The molecule has 2 rings (SSSR count). The molecule has 0 spiro atoms. The number of morpholine rings is 1. The minimum atomic E-state index is 0.0399. The van der Waals surface area contributed by atoms with Crippen molar-refractivity contribution in [2.75, 3.05) is 32.8 Å². The smallest absolute Gasteiger partial charge is 0.143 e. The summed E-state index contributed by atoms with van der Waals surface area (Å²) >= 11 is 0. The molecular weight excluding hydrogens is 232 g/mol. The van der Waals surface area contributed by atoms with E-state index in [4.69, 9.17) is 15.7 Å². The van der Waals surface area contributed by atoms with Crippen LogP contribution in [0.2, 0.25) is 0 Å². The summed E-state index contributed by atoms with van der Waals surface area (Å²) in [6.07, 6.45) is 2.84. The third-order valence-electron chi connectivity index (χ3n) is 3.90. The molecular formula is C12H24N4O2. The molecule has 6 nitrogen and oxygen atoms in total. The van der Waals surface area contributed by atoms with Gasteiger partial charge in [0.1, 0.15) is 5.84 Å². The molecule has 0 aliphatic carbocycles. The van der Waals surface area contributed by atoms with Crippen molar-refractivity contribution in [3.05, 3.63) is 0 Å². The molecule has 0 amide bonds. The van der Waals surface area contributed by atoms with Gasteiger partial charge in [0.05, 0.1) is 12.7 Å². The van der Waals surface area contributed by atoms with Gasteiger partial charge in [0.2, 0.25) is 0 Å². The van der Waals surface area contributed by atoms with Gasteiger partial charge in [0.15, 0.2) is 0 Å². The maximum Gasteiger partial charge on any atom is 0.143 e.